The molecule has 1 aliphatic heterocycles. The quantitative estimate of drug-likeness (QED) is 0.811. The molecule has 0 amide bonds. The molecule has 2 rings (SSSR count). The van der Waals surface area contributed by atoms with Gasteiger partial charge in [0.05, 0.1) is 12.8 Å². The zero-order valence-electron chi connectivity index (χ0n) is 9.36. The molecule has 0 spiro atoms. The van der Waals surface area contributed by atoms with Crippen LogP contribution < -0.4 is 15.0 Å². The summed E-state index contributed by atoms with van der Waals surface area (Å²) in [7, 11) is 3.86. The molecule has 82 valence electrons. The highest BCUT2D eigenvalue weighted by Crippen LogP contribution is 2.28. The number of hydrogen-bond donors (Lipinski definition) is 1. The molecule has 3 nitrogen and oxygen atoms in total. The van der Waals surface area contributed by atoms with E-state index in [2.05, 4.69) is 29.4 Å². The summed E-state index contributed by atoms with van der Waals surface area (Å²) in [5, 5.41) is 3.38. The Morgan fingerprint density at radius 3 is 2.87 bits per heavy atom. The molecule has 0 radical (unpaired) electrons. The molecule has 0 saturated carbocycles. The molecule has 1 fully saturated rings. The first-order valence-corrected chi connectivity index (χ1v) is 5.39. The highest BCUT2D eigenvalue weighted by Gasteiger charge is 2.21. The van der Waals surface area contributed by atoms with E-state index < -0.39 is 0 Å². The predicted molar refractivity (Wildman–Crippen MR) is 62.7 cm³/mol. The van der Waals surface area contributed by atoms with Crippen LogP contribution in [0.4, 0.5) is 5.69 Å². The van der Waals surface area contributed by atoms with Crippen LogP contribution in [0.15, 0.2) is 24.3 Å². The van der Waals surface area contributed by atoms with Crippen molar-refractivity contribution in [1.82, 2.24) is 5.32 Å². The van der Waals surface area contributed by atoms with Crippen LogP contribution in [0.3, 0.4) is 0 Å². The molecule has 1 N–H and O–H groups in total. The van der Waals surface area contributed by atoms with Crippen LogP contribution in [0.1, 0.15) is 6.42 Å². The lowest BCUT2D eigenvalue weighted by atomic mass is 10.2. The second-order valence-electron chi connectivity index (χ2n) is 3.93. The van der Waals surface area contributed by atoms with Crippen molar-refractivity contribution < 1.29 is 4.74 Å². The van der Waals surface area contributed by atoms with Crippen LogP contribution in [0.25, 0.3) is 0 Å². The maximum atomic E-state index is 5.36. The maximum absolute atomic E-state index is 5.36. The summed E-state index contributed by atoms with van der Waals surface area (Å²) < 4.78 is 5.36. The van der Waals surface area contributed by atoms with Crippen molar-refractivity contribution in [1.29, 1.82) is 0 Å². The van der Waals surface area contributed by atoms with E-state index in [1.165, 1.54) is 12.1 Å². The van der Waals surface area contributed by atoms with Crippen molar-refractivity contribution >= 4 is 5.69 Å². The van der Waals surface area contributed by atoms with Crippen molar-refractivity contribution in [3.63, 3.8) is 0 Å². The Labute approximate surface area is 91.0 Å². The minimum absolute atomic E-state index is 0.585. The summed E-state index contributed by atoms with van der Waals surface area (Å²) in [5.74, 6) is 0.951. The van der Waals surface area contributed by atoms with Gasteiger partial charge in [0.15, 0.2) is 0 Å². The molecule has 1 heterocycles. The van der Waals surface area contributed by atoms with E-state index in [0.717, 1.165) is 18.8 Å². The SMILES string of the molecule is COc1ccccc1N(C)C1CCNC1. The zero-order chi connectivity index (χ0) is 10.7. The van der Waals surface area contributed by atoms with E-state index in [1.807, 2.05) is 12.1 Å². The van der Waals surface area contributed by atoms with Crippen molar-refractivity contribution in [3.05, 3.63) is 24.3 Å². The van der Waals surface area contributed by atoms with Gasteiger partial charge in [-0.2, -0.15) is 0 Å². The molecule has 0 aromatic heterocycles. The first kappa shape index (κ1) is 10.3. The molecule has 1 aliphatic rings. The first-order valence-electron chi connectivity index (χ1n) is 5.39. The zero-order valence-corrected chi connectivity index (χ0v) is 9.36. The molecule has 1 aromatic carbocycles. The minimum atomic E-state index is 0.585. The van der Waals surface area contributed by atoms with Crippen LogP contribution in [0.5, 0.6) is 5.75 Å². The third-order valence-corrected chi connectivity index (χ3v) is 3.05. The molecule has 0 aliphatic carbocycles. The first-order chi connectivity index (χ1) is 7.33. The van der Waals surface area contributed by atoms with Crippen molar-refractivity contribution in [2.75, 3.05) is 32.1 Å². The number of benzene rings is 1. The lowest BCUT2D eigenvalue weighted by Gasteiger charge is -2.27. The highest BCUT2D eigenvalue weighted by atomic mass is 16.5. The molecule has 1 unspecified atom stereocenters. The van der Waals surface area contributed by atoms with Gasteiger partial charge in [0, 0.05) is 19.6 Å². The molecular formula is C12H18N2O. The fraction of sp³-hybridized carbons (Fsp3) is 0.500. The lowest BCUT2D eigenvalue weighted by Crippen LogP contribution is -2.33. The highest BCUT2D eigenvalue weighted by molar-refractivity contribution is 5.58. The lowest BCUT2D eigenvalue weighted by molar-refractivity contribution is 0.413. The van der Waals surface area contributed by atoms with Crippen molar-refractivity contribution in [3.8, 4) is 5.75 Å². The predicted octanol–water partition coefficient (Wildman–Crippen LogP) is 1.49. The summed E-state index contributed by atoms with van der Waals surface area (Å²) >= 11 is 0. The number of rotatable bonds is 3. The fourth-order valence-corrected chi connectivity index (χ4v) is 2.09. The summed E-state index contributed by atoms with van der Waals surface area (Å²) in [6.07, 6.45) is 1.20. The van der Waals surface area contributed by atoms with E-state index in [-0.39, 0.29) is 0 Å². The molecule has 15 heavy (non-hydrogen) atoms. The Balaban J connectivity index is 2.19. The van der Waals surface area contributed by atoms with Gasteiger partial charge in [-0.15, -0.1) is 0 Å². The van der Waals surface area contributed by atoms with E-state index in [0.29, 0.717) is 6.04 Å². The van der Waals surface area contributed by atoms with Gasteiger partial charge in [-0.1, -0.05) is 12.1 Å². The Morgan fingerprint density at radius 1 is 1.40 bits per heavy atom. The van der Waals surface area contributed by atoms with Gasteiger partial charge < -0.3 is 15.0 Å². The number of ether oxygens (including phenoxy) is 1. The second kappa shape index (κ2) is 4.53. The van der Waals surface area contributed by atoms with Crippen LogP contribution in [0.2, 0.25) is 0 Å². The van der Waals surface area contributed by atoms with Crippen molar-refractivity contribution in [2.24, 2.45) is 0 Å². The number of nitrogens with zero attached hydrogens (tertiary/aromatic N) is 1. The van der Waals surface area contributed by atoms with Gasteiger partial charge in [0.2, 0.25) is 0 Å². The van der Waals surface area contributed by atoms with Gasteiger partial charge in [0.1, 0.15) is 5.75 Å². The molecule has 1 aromatic rings. The van der Waals surface area contributed by atoms with Crippen LogP contribution in [0, 0.1) is 0 Å². The van der Waals surface area contributed by atoms with Gasteiger partial charge in [-0.3, -0.25) is 0 Å². The third-order valence-electron chi connectivity index (χ3n) is 3.05. The standard InChI is InChI=1S/C12H18N2O/c1-14(10-7-8-13-9-10)11-5-3-4-6-12(11)15-2/h3-6,10,13H,7-9H2,1-2H3. The average Bonchev–Trinajstić information content (AvgIpc) is 2.81. The molecule has 1 saturated heterocycles. The van der Waals surface area contributed by atoms with E-state index in [1.54, 1.807) is 7.11 Å². The fourth-order valence-electron chi connectivity index (χ4n) is 2.09. The van der Waals surface area contributed by atoms with Gasteiger partial charge >= 0.3 is 0 Å². The molecule has 0 bridgehead atoms. The normalized spacial score (nSPS) is 20.3. The smallest absolute Gasteiger partial charge is 0.142 e. The monoisotopic (exact) mass is 206 g/mol. The average molecular weight is 206 g/mol. The molecule has 3 heteroatoms. The number of hydrogen-bond acceptors (Lipinski definition) is 3. The summed E-state index contributed by atoms with van der Waals surface area (Å²) in [6, 6.07) is 8.76. The Bertz CT molecular complexity index is 321. The van der Waals surface area contributed by atoms with Gasteiger partial charge in [0.25, 0.3) is 0 Å². The number of methoxy groups -OCH3 is 1. The Morgan fingerprint density at radius 2 is 2.20 bits per heavy atom. The van der Waals surface area contributed by atoms with Crippen LogP contribution in [-0.4, -0.2) is 33.3 Å². The Kier molecular flexibility index (Phi) is 3.11. The van der Waals surface area contributed by atoms with Crippen LogP contribution in [-0.2, 0) is 0 Å². The third kappa shape index (κ3) is 2.07. The minimum Gasteiger partial charge on any atom is -0.495 e. The number of likely N-dealkylation sites (N-methyl/N-ethyl adjacent to an activating group) is 1. The second-order valence-corrected chi connectivity index (χ2v) is 3.93. The number of anilines is 1. The summed E-state index contributed by atoms with van der Waals surface area (Å²) in [5.41, 5.74) is 1.17. The summed E-state index contributed by atoms with van der Waals surface area (Å²) in [6.45, 7) is 2.18. The molecule has 1 atom stereocenters. The van der Waals surface area contributed by atoms with E-state index in [9.17, 15) is 0 Å². The van der Waals surface area contributed by atoms with Gasteiger partial charge in [-0.25, -0.2) is 0 Å². The summed E-state index contributed by atoms with van der Waals surface area (Å²) in [4.78, 5) is 2.30. The van der Waals surface area contributed by atoms with Crippen molar-refractivity contribution in [2.45, 2.75) is 12.5 Å². The molecular weight excluding hydrogens is 188 g/mol. The largest absolute Gasteiger partial charge is 0.495 e. The number of para-hydroxylation sites is 2. The number of nitrogens with one attached hydrogen (secondary N) is 1. The maximum Gasteiger partial charge on any atom is 0.142 e. The Hall–Kier alpha value is -1.22. The van der Waals surface area contributed by atoms with E-state index >= 15 is 0 Å². The van der Waals surface area contributed by atoms with Gasteiger partial charge in [-0.05, 0) is 25.1 Å². The van der Waals surface area contributed by atoms with E-state index in [4.69, 9.17) is 4.74 Å². The topological polar surface area (TPSA) is 24.5 Å². The van der Waals surface area contributed by atoms with Crippen LogP contribution >= 0.6 is 0 Å².